The van der Waals surface area contributed by atoms with Crippen LogP contribution in [-0.2, 0) is 6.54 Å². The van der Waals surface area contributed by atoms with Crippen molar-refractivity contribution in [2.45, 2.75) is 59.4 Å². The van der Waals surface area contributed by atoms with Gasteiger partial charge in [-0.3, -0.25) is 0 Å². The molecular weight excluding hydrogens is 256 g/mol. The summed E-state index contributed by atoms with van der Waals surface area (Å²) in [5.41, 5.74) is 4.29. The first-order chi connectivity index (χ1) is 10.2. The van der Waals surface area contributed by atoms with Gasteiger partial charge < -0.3 is 10.2 Å². The highest BCUT2D eigenvalue weighted by Crippen LogP contribution is 2.28. The van der Waals surface area contributed by atoms with Crippen LogP contribution in [0.25, 0.3) is 0 Å². The zero-order chi connectivity index (χ0) is 15.1. The van der Waals surface area contributed by atoms with Crippen LogP contribution in [0.5, 0.6) is 0 Å². The molecule has 0 bridgehead atoms. The second-order valence-corrected chi connectivity index (χ2v) is 6.49. The Labute approximate surface area is 130 Å². The van der Waals surface area contributed by atoms with Crippen LogP contribution in [0.15, 0.2) is 18.2 Å². The summed E-state index contributed by atoms with van der Waals surface area (Å²) in [6.07, 6.45) is 6.87. The van der Waals surface area contributed by atoms with Crippen molar-refractivity contribution < 1.29 is 0 Å². The average molecular weight is 288 g/mol. The van der Waals surface area contributed by atoms with Crippen molar-refractivity contribution in [3.8, 4) is 0 Å². The van der Waals surface area contributed by atoms with Gasteiger partial charge in [-0.25, -0.2) is 0 Å². The molecule has 1 unspecified atom stereocenters. The predicted molar refractivity (Wildman–Crippen MR) is 93.0 cm³/mol. The number of anilines is 1. The summed E-state index contributed by atoms with van der Waals surface area (Å²) in [4.78, 5) is 2.63. The van der Waals surface area contributed by atoms with Gasteiger partial charge in [0.1, 0.15) is 0 Å². The van der Waals surface area contributed by atoms with Gasteiger partial charge in [0.15, 0.2) is 0 Å². The molecule has 2 rings (SSSR count). The Bertz CT molecular complexity index is 428. The lowest BCUT2D eigenvalue weighted by Crippen LogP contribution is -2.26. The van der Waals surface area contributed by atoms with E-state index in [0.29, 0.717) is 0 Å². The summed E-state index contributed by atoms with van der Waals surface area (Å²) >= 11 is 0. The quantitative estimate of drug-likeness (QED) is 0.828. The number of rotatable bonds is 6. The van der Waals surface area contributed by atoms with E-state index in [0.717, 1.165) is 19.0 Å². The van der Waals surface area contributed by atoms with Crippen molar-refractivity contribution >= 4 is 5.69 Å². The molecule has 0 amide bonds. The maximum absolute atomic E-state index is 3.49. The molecule has 1 aliphatic heterocycles. The monoisotopic (exact) mass is 288 g/mol. The van der Waals surface area contributed by atoms with Crippen LogP contribution >= 0.6 is 0 Å². The van der Waals surface area contributed by atoms with Crippen molar-refractivity contribution in [3.63, 3.8) is 0 Å². The predicted octanol–water partition coefficient (Wildman–Crippen LogP) is 4.51. The molecular formula is C19H32N2. The molecule has 1 aliphatic rings. The van der Waals surface area contributed by atoms with Crippen LogP contribution in [-0.4, -0.2) is 19.6 Å². The molecule has 0 aromatic heterocycles. The summed E-state index contributed by atoms with van der Waals surface area (Å²) in [6, 6.07) is 6.95. The molecule has 1 fully saturated rings. The van der Waals surface area contributed by atoms with Gasteiger partial charge in [-0.15, -0.1) is 0 Å². The van der Waals surface area contributed by atoms with Crippen molar-refractivity contribution in [1.82, 2.24) is 5.32 Å². The van der Waals surface area contributed by atoms with Gasteiger partial charge in [-0.05, 0) is 50.3 Å². The zero-order valence-corrected chi connectivity index (χ0v) is 14.1. The van der Waals surface area contributed by atoms with E-state index in [2.05, 4.69) is 49.2 Å². The topological polar surface area (TPSA) is 15.3 Å². The second kappa shape index (κ2) is 8.43. The molecule has 1 aromatic carbocycles. The van der Waals surface area contributed by atoms with E-state index < -0.39 is 0 Å². The number of nitrogens with zero attached hydrogens (tertiary/aromatic N) is 1. The Hall–Kier alpha value is -1.02. The smallest absolute Gasteiger partial charge is 0.0412 e. The number of hydrogen-bond acceptors (Lipinski definition) is 2. The summed E-state index contributed by atoms with van der Waals surface area (Å²) in [5.74, 6) is 0.947. The normalized spacial score (nSPS) is 19.6. The fourth-order valence-electron chi connectivity index (χ4n) is 3.53. The molecule has 0 saturated carbocycles. The minimum atomic E-state index is 0.947. The highest BCUT2D eigenvalue weighted by atomic mass is 15.1. The van der Waals surface area contributed by atoms with Crippen LogP contribution < -0.4 is 10.2 Å². The van der Waals surface area contributed by atoms with Gasteiger partial charge in [0.05, 0.1) is 0 Å². The van der Waals surface area contributed by atoms with Crippen molar-refractivity contribution in [2.75, 3.05) is 24.5 Å². The number of nitrogens with one attached hydrogen (secondary N) is 1. The minimum absolute atomic E-state index is 0.947. The fraction of sp³-hybridized carbons (Fsp3) is 0.684. The highest BCUT2D eigenvalue weighted by Gasteiger charge is 2.18. The second-order valence-electron chi connectivity index (χ2n) is 6.49. The number of hydrogen-bond donors (Lipinski definition) is 1. The van der Waals surface area contributed by atoms with Gasteiger partial charge >= 0.3 is 0 Å². The van der Waals surface area contributed by atoms with Gasteiger partial charge in [0.25, 0.3) is 0 Å². The maximum Gasteiger partial charge on any atom is 0.0412 e. The Balaban J connectivity index is 2.09. The molecule has 2 nitrogen and oxygen atoms in total. The van der Waals surface area contributed by atoms with E-state index in [4.69, 9.17) is 0 Å². The molecule has 1 aromatic rings. The Kier molecular flexibility index (Phi) is 6.56. The van der Waals surface area contributed by atoms with Gasteiger partial charge in [0.2, 0.25) is 0 Å². The molecule has 1 N–H and O–H groups in total. The van der Waals surface area contributed by atoms with E-state index in [1.54, 1.807) is 0 Å². The summed E-state index contributed by atoms with van der Waals surface area (Å²) in [6.45, 7) is 11.2. The highest BCUT2D eigenvalue weighted by molar-refractivity contribution is 5.55. The zero-order valence-electron chi connectivity index (χ0n) is 14.1. The van der Waals surface area contributed by atoms with Gasteiger partial charge in [-0.1, -0.05) is 44.4 Å². The average Bonchev–Trinajstić information content (AvgIpc) is 2.71. The van der Waals surface area contributed by atoms with Crippen LogP contribution in [0.4, 0.5) is 5.69 Å². The maximum atomic E-state index is 3.49. The molecule has 21 heavy (non-hydrogen) atoms. The van der Waals surface area contributed by atoms with Crippen molar-refractivity contribution in [2.24, 2.45) is 5.92 Å². The van der Waals surface area contributed by atoms with Gasteiger partial charge in [-0.2, -0.15) is 0 Å². The first kappa shape index (κ1) is 16.4. The fourth-order valence-corrected chi connectivity index (χ4v) is 3.53. The third kappa shape index (κ3) is 4.74. The molecule has 118 valence electrons. The first-order valence-electron chi connectivity index (χ1n) is 8.79. The molecule has 1 atom stereocenters. The first-order valence-corrected chi connectivity index (χ1v) is 8.79. The Morgan fingerprint density at radius 3 is 2.81 bits per heavy atom. The largest absolute Gasteiger partial charge is 0.371 e. The molecule has 1 saturated heterocycles. The van der Waals surface area contributed by atoms with Crippen LogP contribution in [0.3, 0.4) is 0 Å². The molecule has 0 spiro atoms. The van der Waals surface area contributed by atoms with E-state index in [-0.39, 0.29) is 0 Å². The van der Waals surface area contributed by atoms with E-state index in [1.165, 1.54) is 62.0 Å². The third-order valence-electron chi connectivity index (χ3n) is 4.69. The molecule has 0 radical (unpaired) electrons. The molecule has 0 aliphatic carbocycles. The van der Waals surface area contributed by atoms with E-state index in [9.17, 15) is 0 Å². The number of aryl methyl sites for hydroxylation is 1. The van der Waals surface area contributed by atoms with Crippen molar-refractivity contribution in [3.05, 3.63) is 29.3 Å². The van der Waals surface area contributed by atoms with Crippen LogP contribution in [0, 0.1) is 12.8 Å². The van der Waals surface area contributed by atoms with Crippen LogP contribution in [0.1, 0.15) is 57.1 Å². The van der Waals surface area contributed by atoms with Gasteiger partial charge in [0, 0.05) is 25.3 Å². The summed E-state index contributed by atoms with van der Waals surface area (Å²) in [7, 11) is 0. The lowest BCUT2D eigenvalue weighted by atomic mass is 9.96. The molecule has 1 heterocycles. The Morgan fingerprint density at radius 1 is 1.19 bits per heavy atom. The summed E-state index contributed by atoms with van der Waals surface area (Å²) in [5, 5.41) is 3.49. The standard InChI is InChI=1S/C19H32N2/c1-4-7-17-8-6-12-21(13-11-17)19-10-9-16(3)14-18(19)15-20-5-2/h9-10,14,17,20H,4-8,11-13,15H2,1-3H3. The minimum Gasteiger partial charge on any atom is -0.371 e. The lowest BCUT2D eigenvalue weighted by Gasteiger charge is -2.26. The van der Waals surface area contributed by atoms with Crippen LogP contribution in [0.2, 0.25) is 0 Å². The van der Waals surface area contributed by atoms with E-state index >= 15 is 0 Å². The number of benzene rings is 1. The van der Waals surface area contributed by atoms with E-state index in [1.807, 2.05) is 0 Å². The lowest BCUT2D eigenvalue weighted by molar-refractivity contribution is 0.435. The van der Waals surface area contributed by atoms with Crippen molar-refractivity contribution in [1.29, 1.82) is 0 Å². The Morgan fingerprint density at radius 2 is 2.05 bits per heavy atom. The molecule has 2 heteroatoms. The summed E-state index contributed by atoms with van der Waals surface area (Å²) < 4.78 is 0. The SMILES string of the molecule is CCCC1CCCN(c2ccc(C)cc2CNCC)CC1. The third-order valence-corrected chi connectivity index (χ3v) is 4.69.